The maximum atomic E-state index is 15.6. The fourth-order valence-electron chi connectivity index (χ4n) is 3.75. The van der Waals surface area contributed by atoms with Gasteiger partial charge in [0.2, 0.25) is 0 Å². The van der Waals surface area contributed by atoms with Gasteiger partial charge in [-0.15, -0.1) is 5.10 Å². The summed E-state index contributed by atoms with van der Waals surface area (Å²) in [6, 6.07) is 11.3. The molecule has 0 aliphatic rings. The fraction of sp³-hybridized carbons (Fsp3) is 0.231. The van der Waals surface area contributed by atoms with Crippen molar-refractivity contribution in [3.05, 3.63) is 74.7 Å². The summed E-state index contributed by atoms with van der Waals surface area (Å²) in [6.07, 6.45) is 2.34. The van der Waals surface area contributed by atoms with Gasteiger partial charge < -0.3 is 14.6 Å². The smallest absolute Gasteiger partial charge is 0.307 e. The molecule has 0 bridgehead atoms. The lowest BCUT2D eigenvalue weighted by atomic mass is 10.1. The lowest BCUT2D eigenvalue weighted by molar-refractivity contribution is -0.148. The Labute approximate surface area is 235 Å². The predicted octanol–water partition coefficient (Wildman–Crippen LogP) is 5.78. The number of carbonyl (C=O) groups excluding carboxylic acids is 1. The van der Waals surface area contributed by atoms with Gasteiger partial charge in [-0.2, -0.15) is 15.5 Å². The second-order valence-corrected chi connectivity index (χ2v) is 9.67. The molecule has 0 radical (unpaired) electrons. The number of carbonyl (C=O) groups is 2. The lowest BCUT2D eigenvalue weighted by Gasteiger charge is -2.12. The first-order valence-corrected chi connectivity index (χ1v) is 12.8. The normalized spacial score (nSPS) is 10.8. The number of esters is 1. The van der Waals surface area contributed by atoms with Gasteiger partial charge in [0.1, 0.15) is 5.75 Å². The Bertz CT molecular complexity index is 1590. The number of hydrogen-bond donors (Lipinski definition) is 1. The van der Waals surface area contributed by atoms with Crippen molar-refractivity contribution in [1.29, 1.82) is 5.26 Å². The predicted molar refractivity (Wildman–Crippen MR) is 141 cm³/mol. The molecule has 0 aliphatic heterocycles. The summed E-state index contributed by atoms with van der Waals surface area (Å²) in [5, 5.41) is 31.2. The summed E-state index contributed by atoms with van der Waals surface area (Å²) in [5.74, 6) is -1.95. The highest BCUT2D eigenvalue weighted by Crippen LogP contribution is 2.36. The van der Waals surface area contributed by atoms with Crippen LogP contribution in [-0.4, -0.2) is 37.0 Å². The van der Waals surface area contributed by atoms with Gasteiger partial charge in [-0.25, -0.2) is 9.07 Å². The van der Waals surface area contributed by atoms with Crippen LogP contribution in [0.15, 0.2) is 47.1 Å². The topological polar surface area (TPSA) is 140 Å². The molecule has 39 heavy (non-hydrogen) atoms. The van der Waals surface area contributed by atoms with Crippen LogP contribution in [0, 0.1) is 17.1 Å². The van der Waals surface area contributed by atoms with Crippen LogP contribution in [0.25, 0.3) is 11.0 Å². The van der Waals surface area contributed by atoms with Crippen molar-refractivity contribution in [2.45, 2.75) is 38.8 Å². The fourth-order valence-corrected chi connectivity index (χ4v) is 4.36. The number of aliphatic carboxylic acids is 1. The zero-order valence-corrected chi connectivity index (χ0v) is 22.6. The average Bonchev–Trinajstić information content (AvgIpc) is 3.26. The van der Waals surface area contributed by atoms with Crippen LogP contribution in [0.3, 0.4) is 0 Å². The maximum absolute atomic E-state index is 15.6. The number of ether oxygens (including phenoxy) is 2. The molecule has 4 aromatic rings. The quantitative estimate of drug-likeness (QED) is 0.164. The van der Waals surface area contributed by atoms with Crippen LogP contribution in [0.2, 0.25) is 5.02 Å². The van der Waals surface area contributed by atoms with Gasteiger partial charge >= 0.3 is 11.9 Å². The second-order valence-electron chi connectivity index (χ2n) is 8.38. The maximum Gasteiger partial charge on any atom is 0.307 e. The van der Waals surface area contributed by atoms with Gasteiger partial charge in [0.15, 0.2) is 23.9 Å². The molecule has 0 aliphatic carbocycles. The van der Waals surface area contributed by atoms with Gasteiger partial charge in [-0.1, -0.05) is 17.7 Å². The summed E-state index contributed by atoms with van der Waals surface area (Å²) in [7, 11) is 0. The zero-order valence-electron chi connectivity index (χ0n) is 20.2. The number of unbranched alkanes of at least 4 members (excludes halogenated alkanes) is 1. The monoisotopic (exact) mass is 615 g/mol. The Morgan fingerprint density at radius 2 is 1.97 bits per heavy atom. The molecule has 200 valence electrons. The van der Waals surface area contributed by atoms with E-state index in [1.165, 1.54) is 29.1 Å². The van der Waals surface area contributed by atoms with E-state index < -0.39 is 17.8 Å². The van der Waals surface area contributed by atoms with Crippen molar-refractivity contribution < 1.29 is 28.6 Å². The third kappa shape index (κ3) is 7.07. The molecule has 0 saturated carbocycles. The Balaban J connectivity index is 1.53. The molecule has 0 amide bonds. The molecule has 2 aromatic heterocycles. The molecule has 10 nitrogen and oxygen atoms in total. The summed E-state index contributed by atoms with van der Waals surface area (Å²) in [6.45, 7) is -0.236. The van der Waals surface area contributed by atoms with Gasteiger partial charge in [-0.05, 0) is 64.7 Å². The Kier molecular flexibility index (Phi) is 9.06. The standard InChI is InChI=1S/C26H20BrClFN5O5/c27-20-6-5-16(24(29)25(20)39-18-10-15(13-30)9-17(28)12-18)11-21-19-7-8-31-32-26(19)34(33-21)14-38-23(37)4-2-1-3-22(35)36/h5-10,12H,1-4,11,14H2,(H,35,36). The van der Waals surface area contributed by atoms with E-state index in [0.29, 0.717) is 34.0 Å². The summed E-state index contributed by atoms with van der Waals surface area (Å²) in [5.41, 5.74) is 1.36. The van der Waals surface area contributed by atoms with Crippen LogP contribution in [0.5, 0.6) is 11.5 Å². The molecule has 2 heterocycles. The highest BCUT2D eigenvalue weighted by molar-refractivity contribution is 9.10. The van der Waals surface area contributed by atoms with Crippen molar-refractivity contribution in [3.63, 3.8) is 0 Å². The van der Waals surface area contributed by atoms with Gasteiger partial charge in [0.25, 0.3) is 0 Å². The van der Waals surface area contributed by atoms with Crippen molar-refractivity contribution in [2.75, 3.05) is 0 Å². The molecule has 0 atom stereocenters. The minimum Gasteiger partial charge on any atom is -0.481 e. The number of hydrogen-bond acceptors (Lipinski definition) is 8. The van der Waals surface area contributed by atoms with Crippen molar-refractivity contribution >= 4 is 50.5 Å². The van der Waals surface area contributed by atoms with E-state index in [2.05, 4.69) is 31.2 Å². The number of benzene rings is 2. The third-order valence-electron chi connectivity index (χ3n) is 5.57. The molecule has 0 unspecified atom stereocenters. The van der Waals surface area contributed by atoms with Crippen molar-refractivity contribution in [1.82, 2.24) is 20.0 Å². The molecule has 0 spiro atoms. The molecule has 1 N–H and O–H groups in total. The number of halogens is 3. The molecule has 4 rings (SSSR count). The van der Waals surface area contributed by atoms with E-state index in [4.69, 9.17) is 26.2 Å². The van der Waals surface area contributed by atoms with Crippen LogP contribution in [-0.2, 0) is 27.5 Å². The molecule has 0 saturated heterocycles. The number of nitriles is 1. The largest absolute Gasteiger partial charge is 0.481 e. The summed E-state index contributed by atoms with van der Waals surface area (Å²) < 4.78 is 28.4. The minimum atomic E-state index is -0.920. The Hall–Kier alpha value is -4.08. The highest BCUT2D eigenvalue weighted by atomic mass is 79.9. The molecular weight excluding hydrogens is 597 g/mol. The van der Waals surface area contributed by atoms with Crippen LogP contribution in [0.4, 0.5) is 4.39 Å². The number of carboxylic acids is 1. The van der Waals surface area contributed by atoms with Crippen LogP contribution >= 0.6 is 27.5 Å². The summed E-state index contributed by atoms with van der Waals surface area (Å²) >= 11 is 9.36. The molecule has 2 aromatic carbocycles. The Morgan fingerprint density at radius 3 is 2.74 bits per heavy atom. The molecule has 13 heteroatoms. The number of carboxylic acid groups (broad SMARTS) is 1. The third-order valence-corrected chi connectivity index (χ3v) is 6.42. The number of fused-ring (bicyclic) bond motifs is 1. The van der Waals surface area contributed by atoms with E-state index in [1.54, 1.807) is 18.2 Å². The number of rotatable bonds is 11. The molecule has 0 fully saturated rings. The number of nitrogens with zero attached hydrogens (tertiary/aromatic N) is 5. The second kappa shape index (κ2) is 12.6. The van der Waals surface area contributed by atoms with Crippen molar-refractivity contribution in [2.24, 2.45) is 0 Å². The van der Waals surface area contributed by atoms with E-state index in [-0.39, 0.29) is 53.6 Å². The van der Waals surface area contributed by atoms with E-state index in [1.807, 2.05) is 6.07 Å². The average molecular weight is 617 g/mol. The van der Waals surface area contributed by atoms with E-state index in [0.717, 1.165) is 0 Å². The SMILES string of the molecule is N#Cc1cc(Cl)cc(Oc2c(Br)ccc(Cc3nn(COC(=O)CCCCC(=O)O)c4nnccc34)c2F)c1. The van der Waals surface area contributed by atoms with Crippen molar-refractivity contribution in [3.8, 4) is 17.6 Å². The van der Waals surface area contributed by atoms with Gasteiger partial charge in [0.05, 0.1) is 28.0 Å². The van der Waals surface area contributed by atoms with Gasteiger partial charge in [-0.3, -0.25) is 9.59 Å². The molecular formula is C26H20BrClFN5O5. The van der Waals surface area contributed by atoms with Gasteiger partial charge in [0, 0.05) is 29.7 Å². The first-order chi connectivity index (χ1) is 18.7. The van der Waals surface area contributed by atoms with E-state index in [9.17, 15) is 14.9 Å². The first-order valence-electron chi connectivity index (χ1n) is 11.6. The Morgan fingerprint density at radius 1 is 1.18 bits per heavy atom. The summed E-state index contributed by atoms with van der Waals surface area (Å²) in [4.78, 5) is 22.7. The first kappa shape index (κ1) is 27.9. The van der Waals surface area contributed by atoms with Crippen LogP contribution in [0.1, 0.15) is 42.5 Å². The lowest BCUT2D eigenvalue weighted by Crippen LogP contribution is -2.11. The van der Waals surface area contributed by atoms with E-state index >= 15 is 4.39 Å². The van der Waals surface area contributed by atoms with Crippen LogP contribution < -0.4 is 4.74 Å². The highest BCUT2D eigenvalue weighted by Gasteiger charge is 2.20. The zero-order chi connectivity index (χ0) is 27.9. The number of aromatic nitrogens is 4. The minimum absolute atomic E-state index is 0.0185.